The molecule has 2 N–H and O–H groups in total. The smallest absolute Gasteiger partial charge is 0.248 e. The van der Waals surface area contributed by atoms with Crippen LogP contribution in [-0.4, -0.2) is 22.1 Å². The molecular weight excluding hydrogens is 250 g/mol. The highest BCUT2D eigenvalue weighted by Gasteiger charge is 2.10. The van der Waals surface area contributed by atoms with E-state index in [0.717, 1.165) is 5.75 Å². The molecule has 6 heteroatoms. The summed E-state index contributed by atoms with van der Waals surface area (Å²) < 4.78 is 10.6. The van der Waals surface area contributed by atoms with Crippen LogP contribution in [-0.2, 0) is 0 Å². The van der Waals surface area contributed by atoms with E-state index >= 15 is 0 Å². The van der Waals surface area contributed by atoms with Crippen LogP contribution in [0.4, 0.5) is 0 Å². The molecule has 5 nitrogen and oxygen atoms in total. The third kappa shape index (κ3) is 2.72. The molecule has 0 fully saturated rings. The van der Waals surface area contributed by atoms with Crippen molar-refractivity contribution in [3.8, 4) is 17.4 Å². The van der Waals surface area contributed by atoms with E-state index in [2.05, 4.69) is 9.97 Å². The summed E-state index contributed by atoms with van der Waals surface area (Å²) in [5.41, 5.74) is 5.91. The molecule has 0 aliphatic heterocycles. The average molecular weight is 261 g/mol. The summed E-state index contributed by atoms with van der Waals surface area (Å²) in [4.78, 5) is 8.23. The molecule has 0 saturated heterocycles. The molecule has 92 valence electrons. The molecule has 2 aromatic rings. The molecule has 0 unspecified atom stereocenters. The van der Waals surface area contributed by atoms with E-state index in [0.29, 0.717) is 11.4 Å². The average Bonchev–Trinajstić information content (AvgIpc) is 2.40. The van der Waals surface area contributed by atoms with Crippen LogP contribution in [0.1, 0.15) is 5.69 Å². The van der Waals surface area contributed by atoms with Crippen molar-refractivity contribution < 1.29 is 9.47 Å². The molecule has 0 bridgehead atoms. The lowest BCUT2D eigenvalue weighted by molar-refractivity contribution is 0.412. The summed E-state index contributed by atoms with van der Waals surface area (Å²) in [7, 11) is 1.60. The summed E-state index contributed by atoms with van der Waals surface area (Å²) in [5, 5.41) is 0. The zero-order valence-corrected chi connectivity index (χ0v) is 10.5. The molecule has 0 amide bonds. The molecule has 18 heavy (non-hydrogen) atoms. The summed E-state index contributed by atoms with van der Waals surface area (Å²) in [6.45, 7) is 0. The van der Waals surface area contributed by atoms with Gasteiger partial charge in [0.25, 0.3) is 0 Å². The van der Waals surface area contributed by atoms with Crippen molar-refractivity contribution in [1.29, 1.82) is 0 Å². The van der Waals surface area contributed by atoms with Crippen LogP contribution >= 0.6 is 12.2 Å². The molecule has 0 atom stereocenters. The maximum atomic E-state index is 5.57. The third-order valence-electron chi connectivity index (χ3n) is 2.17. The lowest BCUT2D eigenvalue weighted by Crippen LogP contribution is -2.13. The second-order valence-electron chi connectivity index (χ2n) is 3.35. The first kappa shape index (κ1) is 12.3. The van der Waals surface area contributed by atoms with Gasteiger partial charge in [-0.1, -0.05) is 12.2 Å². The topological polar surface area (TPSA) is 70.3 Å². The predicted molar refractivity (Wildman–Crippen MR) is 71.0 cm³/mol. The fourth-order valence-electron chi connectivity index (χ4n) is 1.32. The number of ether oxygens (including phenoxy) is 2. The van der Waals surface area contributed by atoms with Gasteiger partial charge in [-0.25, -0.2) is 9.97 Å². The van der Waals surface area contributed by atoms with E-state index in [9.17, 15) is 0 Å². The molecule has 0 saturated carbocycles. The molecule has 1 aromatic heterocycles. The van der Waals surface area contributed by atoms with E-state index in [4.69, 9.17) is 27.4 Å². The van der Waals surface area contributed by atoms with Crippen LogP contribution in [0.15, 0.2) is 36.7 Å². The molecule has 0 aliphatic carbocycles. The van der Waals surface area contributed by atoms with Crippen LogP contribution in [0, 0.1) is 0 Å². The van der Waals surface area contributed by atoms with Gasteiger partial charge in [0, 0.05) is 12.4 Å². The van der Waals surface area contributed by atoms with E-state index in [1.807, 2.05) is 0 Å². The molecule has 0 radical (unpaired) electrons. The molecule has 2 rings (SSSR count). The Morgan fingerprint density at radius 3 is 2.33 bits per heavy atom. The third-order valence-corrected chi connectivity index (χ3v) is 2.37. The SMILES string of the molecule is COc1ccc(Oc2nccnc2C(N)=S)cc1. The predicted octanol–water partition coefficient (Wildman–Crippen LogP) is 1.91. The molecule has 1 heterocycles. The van der Waals surface area contributed by atoms with E-state index < -0.39 is 0 Å². The number of nitrogens with two attached hydrogens (primary N) is 1. The highest BCUT2D eigenvalue weighted by molar-refractivity contribution is 7.80. The second kappa shape index (κ2) is 5.42. The summed E-state index contributed by atoms with van der Waals surface area (Å²) >= 11 is 4.88. The fourth-order valence-corrected chi connectivity index (χ4v) is 1.46. The van der Waals surface area contributed by atoms with Gasteiger partial charge in [0.05, 0.1) is 7.11 Å². The van der Waals surface area contributed by atoms with Gasteiger partial charge in [-0.05, 0) is 24.3 Å². The normalized spacial score (nSPS) is 9.83. The lowest BCUT2D eigenvalue weighted by atomic mass is 10.3. The first-order valence-electron chi connectivity index (χ1n) is 5.13. The first-order chi connectivity index (χ1) is 8.70. The minimum atomic E-state index is 0.145. The Morgan fingerprint density at radius 1 is 1.11 bits per heavy atom. The summed E-state index contributed by atoms with van der Waals surface area (Å²) in [6.07, 6.45) is 3.02. The molecular formula is C12H11N3O2S. The van der Waals surface area contributed by atoms with Gasteiger partial charge in [0.2, 0.25) is 5.88 Å². The molecule has 0 spiro atoms. The maximum absolute atomic E-state index is 5.57. The monoisotopic (exact) mass is 261 g/mol. The number of nitrogens with zero attached hydrogens (tertiary/aromatic N) is 2. The van der Waals surface area contributed by atoms with Gasteiger partial charge in [-0.2, -0.15) is 0 Å². The maximum Gasteiger partial charge on any atom is 0.248 e. The Bertz CT molecular complexity index is 558. The van der Waals surface area contributed by atoms with Gasteiger partial charge in [-0.3, -0.25) is 0 Å². The summed E-state index contributed by atoms with van der Waals surface area (Å²) in [5.74, 6) is 1.64. The van der Waals surface area contributed by atoms with Crippen LogP contribution in [0.3, 0.4) is 0 Å². The zero-order valence-electron chi connectivity index (χ0n) is 9.66. The van der Waals surface area contributed by atoms with Crippen molar-refractivity contribution in [3.05, 3.63) is 42.4 Å². The van der Waals surface area contributed by atoms with E-state index in [-0.39, 0.29) is 10.9 Å². The van der Waals surface area contributed by atoms with Crippen LogP contribution < -0.4 is 15.2 Å². The number of thiocarbonyl (C=S) groups is 1. The van der Waals surface area contributed by atoms with Crippen molar-refractivity contribution in [2.75, 3.05) is 7.11 Å². The van der Waals surface area contributed by atoms with Gasteiger partial charge in [0.1, 0.15) is 16.5 Å². The van der Waals surface area contributed by atoms with Crippen molar-refractivity contribution >= 4 is 17.2 Å². The minimum Gasteiger partial charge on any atom is -0.497 e. The second-order valence-corrected chi connectivity index (χ2v) is 3.79. The standard InChI is InChI=1S/C12H11N3O2S/c1-16-8-2-4-9(5-3-8)17-12-10(11(13)18)14-6-7-15-12/h2-7H,1H3,(H2,13,18). The minimum absolute atomic E-state index is 0.145. The Kier molecular flexibility index (Phi) is 3.69. The lowest BCUT2D eigenvalue weighted by Gasteiger charge is -2.08. The summed E-state index contributed by atoms with van der Waals surface area (Å²) in [6, 6.07) is 7.09. The highest BCUT2D eigenvalue weighted by atomic mass is 32.1. The Balaban J connectivity index is 2.25. The Morgan fingerprint density at radius 2 is 1.72 bits per heavy atom. The van der Waals surface area contributed by atoms with Gasteiger partial charge >= 0.3 is 0 Å². The Hall–Kier alpha value is -2.21. The van der Waals surface area contributed by atoms with E-state index in [1.54, 1.807) is 31.4 Å². The van der Waals surface area contributed by atoms with Gasteiger partial charge < -0.3 is 15.2 Å². The first-order valence-corrected chi connectivity index (χ1v) is 5.54. The largest absolute Gasteiger partial charge is 0.497 e. The fraction of sp³-hybridized carbons (Fsp3) is 0.0833. The molecule has 0 aliphatic rings. The van der Waals surface area contributed by atoms with Crippen molar-refractivity contribution in [3.63, 3.8) is 0 Å². The zero-order chi connectivity index (χ0) is 13.0. The van der Waals surface area contributed by atoms with Crippen molar-refractivity contribution in [2.45, 2.75) is 0 Å². The Labute approximate surface area is 110 Å². The number of benzene rings is 1. The number of hydrogen-bond acceptors (Lipinski definition) is 5. The number of hydrogen-bond donors (Lipinski definition) is 1. The van der Waals surface area contributed by atoms with Gasteiger partial charge in [0.15, 0.2) is 5.69 Å². The number of aromatic nitrogens is 2. The van der Waals surface area contributed by atoms with E-state index in [1.165, 1.54) is 12.4 Å². The van der Waals surface area contributed by atoms with Crippen molar-refractivity contribution in [2.24, 2.45) is 5.73 Å². The number of rotatable bonds is 4. The molecule has 1 aromatic carbocycles. The highest BCUT2D eigenvalue weighted by Crippen LogP contribution is 2.23. The number of methoxy groups -OCH3 is 1. The quantitative estimate of drug-likeness (QED) is 0.848. The van der Waals surface area contributed by atoms with Crippen molar-refractivity contribution in [1.82, 2.24) is 9.97 Å². The van der Waals surface area contributed by atoms with Crippen LogP contribution in [0.2, 0.25) is 0 Å². The van der Waals surface area contributed by atoms with Gasteiger partial charge in [-0.15, -0.1) is 0 Å². The van der Waals surface area contributed by atoms with Crippen LogP contribution in [0.5, 0.6) is 17.4 Å². The van der Waals surface area contributed by atoms with Crippen LogP contribution in [0.25, 0.3) is 0 Å².